The lowest BCUT2D eigenvalue weighted by Gasteiger charge is -2.01. The Morgan fingerprint density at radius 2 is 2.24 bits per heavy atom. The van der Waals surface area contributed by atoms with Crippen LogP contribution in [0.1, 0.15) is 5.56 Å². The van der Waals surface area contributed by atoms with E-state index in [4.69, 9.17) is 0 Å². The predicted octanol–water partition coefficient (Wildman–Crippen LogP) is 3.57. The smallest absolute Gasteiger partial charge is 0.136 e. The number of hydrogen-bond donors (Lipinski definition) is 0. The molecule has 0 aliphatic heterocycles. The van der Waals surface area contributed by atoms with Crippen LogP contribution in [0.15, 0.2) is 27.9 Å². The molecule has 0 saturated heterocycles. The number of aliphatic imine (C=N–C) groups is 1. The van der Waals surface area contributed by atoms with Crippen molar-refractivity contribution in [3.8, 4) is 16.5 Å². The van der Waals surface area contributed by atoms with Gasteiger partial charge < -0.3 is 4.90 Å². The predicted molar refractivity (Wildman–Crippen MR) is 74.2 cm³/mol. The summed E-state index contributed by atoms with van der Waals surface area (Å²) in [5.41, 5.74) is 1.65. The number of nitrogens with zero attached hydrogens (tertiary/aromatic N) is 3. The van der Waals surface area contributed by atoms with Crippen LogP contribution >= 0.6 is 22.7 Å². The molecule has 0 N–H and O–H groups in total. The van der Waals surface area contributed by atoms with Crippen molar-refractivity contribution in [2.45, 2.75) is 0 Å². The highest BCUT2D eigenvalue weighted by atomic mass is 32.1. The molecular formula is C12H11N3S2. The maximum atomic E-state index is 9.23. The summed E-state index contributed by atoms with van der Waals surface area (Å²) in [6, 6.07) is 6.25. The molecule has 2 aromatic rings. The third-order valence-electron chi connectivity index (χ3n) is 2.08. The molecule has 86 valence electrons. The molecule has 0 spiro atoms. The molecule has 0 atom stereocenters. The van der Waals surface area contributed by atoms with Gasteiger partial charge in [-0.15, -0.1) is 22.7 Å². The van der Waals surface area contributed by atoms with Gasteiger partial charge in [-0.05, 0) is 11.4 Å². The number of thiophene rings is 2. The monoisotopic (exact) mass is 261 g/mol. The Hall–Kier alpha value is -1.64. The Labute approximate surface area is 108 Å². The van der Waals surface area contributed by atoms with Crippen molar-refractivity contribution < 1.29 is 0 Å². The van der Waals surface area contributed by atoms with Gasteiger partial charge in [0, 0.05) is 29.9 Å². The van der Waals surface area contributed by atoms with Crippen LogP contribution in [0.4, 0.5) is 5.00 Å². The fourth-order valence-electron chi connectivity index (χ4n) is 1.33. The van der Waals surface area contributed by atoms with Gasteiger partial charge in [0.15, 0.2) is 0 Å². The van der Waals surface area contributed by atoms with Crippen LogP contribution in [0.5, 0.6) is 0 Å². The SMILES string of the molecule is CN(C)C=Nc1scc(-c2cccs2)c1C#N. The van der Waals surface area contributed by atoms with Crippen LogP contribution in [0.25, 0.3) is 10.4 Å². The first kappa shape index (κ1) is 11.8. The van der Waals surface area contributed by atoms with Gasteiger partial charge in [-0.3, -0.25) is 0 Å². The molecule has 0 aliphatic carbocycles. The van der Waals surface area contributed by atoms with E-state index in [2.05, 4.69) is 11.1 Å². The lowest BCUT2D eigenvalue weighted by atomic mass is 10.2. The van der Waals surface area contributed by atoms with Crippen molar-refractivity contribution in [2.75, 3.05) is 14.1 Å². The van der Waals surface area contributed by atoms with E-state index in [1.54, 1.807) is 17.7 Å². The standard InChI is InChI=1S/C12H11N3S2/c1-15(2)8-14-12-9(6-13)10(7-17-12)11-4-3-5-16-11/h3-5,7-8H,1-2H3. The Bertz CT molecular complexity index is 559. The van der Waals surface area contributed by atoms with E-state index in [9.17, 15) is 5.26 Å². The maximum Gasteiger partial charge on any atom is 0.136 e. The molecule has 0 bridgehead atoms. The van der Waals surface area contributed by atoms with Gasteiger partial charge in [0.25, 0.3) is 0 Å². The van der Waals surface area contributed by atoms with E-state index in [0.29, 0.717) is 5.56 Å². The molecule has 0 aliphatic rings. The van der Waals surface area contributed by atoms with Gasteiger partial charge >= 0.3 is 0 Å². The largest absolute Gasteiger partial charge is 0.369 e. The molecule has 0 amide bonds. The molecule has 0 saturated carbocycles. The maximum absolute atomic E-state index is 9.23. The van der Waals surface area contributed by atoms with Crippen LogP contribution in [0, 0.1) is 11.3 Å². The molecule has 5 heteroatoms. The summed E-state index contributed by atoms with van der Waals surface area (Å²) in [5, 5.41) is 14.0. The Morgan fingerprint density at radius 1 is 1.41 bits per heavy atom. The van der Waals surface area contributed by atoms with E-state index in [1.165, 1.54) is 11.3 Å². The molecular weight excluding hydrogens is 250 g/mol. The van der Waals surface area contributed by atoms with Crippen LogP contribution in [-0.2, 0) is 0 Å². The first-order valence-corrected chi connectivity index (χ1v) is 6.74. The Kier molecular flexibility index (Phi) is 3.57. The average Bonchev–Trinajstić information content (AvgIpc) is 2.94. The molecule has 0 aromatic carbocycles. The second kappa shape index (κ2) is 5.13. The topological polar surface area (TPSA) is 39.4 Å². The minimum atomic E-state index is 0.663. The van der Waals surface area contributed by atoms with Crippen molar-refractivity contribution in [1.29, 1.82) is 5.26 Å². The zero-order chi connectivity index (χ0) is 12.3. The van der Waals surface area contributed by atoms with Gasteiger partial charge in [0.05, 0.1) is 11.9 Å². The molecule has 2 rings (SSSR count). The van der Waals surface area contributed by atoms with E-state index >= 15 is 0 Å². The summed E-state index contributed by atoms with van der Waals surface area (Å²) in [6.07, 6.45) is 1.71. The first-order valence-electron chi connectivity index (χ1n) is 4.98. The molecule has 0 radical (unpaired) electrons. The number of hydrogen-bond acceptors (Lipinski definition) is 4. The third kappa shape index (κ3) is 2.54. The fourth-order valence-corrected chi connectivity index (χ4v) is 3.01. The lowest BCUT2D eigenvalue weighted by Crippen LogP contribution is -2.06. The van der Waals surface area contributed by atoms with Gasteiger partial charge in [-0.25, -0.2) is 4.99 Å². The van der Waals surface area contributed by atoms with Crippen molar-refractivity contribution >= 4 is 34.0 Å². The third-order valence-corrected chi connectivity index (χ3v) is 3.87. The summed E-state index contributed by atoms with van der Waals surface area (Å²) < 4.78 is 0. The molecule has 2 heterocycles. The molecule has 17 heavy (non-hydrogen) atoms. The van der Waals surface area contributed by atoms with Crippen LogP contribution < -0.4 is 0 Å². The summed E-state index contributed by atoms with van der Waals surface area (Å²) in [5.74, 6) is 0. The molecule has 0 unspecified atom stereocenters. The van der Waals surface area contributed by atoms with Crippen LogP contribution in [0.2, 0.25) is 0 Å². The fraction of sp³-hybridized carbons (Fsp3) is 0.167. The second-order valence-corrected chi connectivity index (χ2v) is 5.43. The highest BCUT2D eigenvalue weighted by Crippen LogP contribution is 2.38. The van der Waals surface area contributed by atoms with E-state index in [1.807, 2.05) is 41.9 Å². The van der Waals surface area contributed by atoms with Gasteiger partial charge in [-0.1, -0.05) is 6.07 Å². The summed E-state index contributed by atoms with van der Waals surface area (Å²) >= 11 is 3.14. The normalized spacial score (nSPS) is 10.6. The van der Waals surface area contributed by atoms with Gasteiger partial charge in [0.2, 0.25) is 0 Å². The zero-order valence-electron chi connectivity index (χ0n) is 9.54. The summed E-state index contributed by atoms with van der Waals surface area (Å²) in [4.78, 5) is 7.28. The molecule has 2 aromatic heterocycles. The van der Waals surface area contributed by atoms with Gasteiger partial charge in [0.1, 0.15) is 11.1 Å². The second-order valence-electron chi connectivity index (χ2n) is 3.63. The highest BCUT2D eigenvalue weighted by molar-refractivity contribution is 7.16. The zero-order valence-corrected chi connectivity index (χ0v) is 11.2. The van der Waals surface area contributed by atoms with E-state index < -0.39 is 0 Å². The van der Waals surface area contributed by atoms with Crippen molar-refractivity contribution in [1.82, 2.24) is 4.90 Å². The van der Waals surface area contributed by atoms with E-state index in [-0.39, 0.29) is 0 Å². The molecule has 0 fully saturated rings. The minimum Gasteiger partial charge on any atom is -0.369 e. The van der Waals surface area contributed by atoms with Gasteiger partial charge in [-0.2, -0.15) is 5.26 Å². The van der Waals surface area contributed by atoms with Crippen molar-refractivity contribution in [2.24, 2.45) is 4.99 Å². The van der Waals surface area contributed by atoms with Crippen LogP contribution in [0.3, 0.4) is 0 Å². The average molecular weight is 261 g/mol. The summed E-state index contributed by atoms with van der Waals surface area (Å²) in [7, 11) is 3.81. The Balaban J connectivity index is 2.42. The Morgan fingerprint density at radius 3 is 2.82 bits per heavy atom. The lowest BCUT2D eigenvalue weighted by molar-refractivity contribution is 0.643. The summed E-state index contributed by atoms with van der Waals surface area (Å²) in [6.45, 7) is 0. The minimum absolute atomic E-state index is 0.663. The van der Waals surface area contributed by atoms with Crippen LogP contribution in [-0.4, -0.2) is 25.3 Å². The quantitative estimate of drug-likeness (QED) is 0.626. The van der Waals surface area contributed by atoms with Crippen molar-refractivity contribution in [3.05, 3.63) is 28.5 Å². The highest BCUT2D eigenvalue weighted by Gasteiger charge is 2.12. The molecule has 3 nitrogen and oxygen atoms in total. The number of nitriles is 1. The van der Waals surface area contributed by atoms with E-state index in [0.717, 1.165) is 15.4 Å². The number of rotatable bonds is 3. The first-order chi connectivity index (χ1) is 8.22. The van der Waals surface area contributed by atoms with Crippen molar-refractivity contribution in [3.63, 3.8) is 0 Å².